The summed E-state index contributed by atoms with van der Waals surface area (Å²) in [5, 5.41) is 7.88. The fourth-order valence-electron chi connectivity index (χ4n) is 2.50. The van der Waals surface area contributed by atoms with Crippen molar-refractivity contribution < 1.29 is 25.9 Å². The summed E-state index contributed by atoms with van der Waals surface area (Å²) in [6.45, 7) is 0. The van der Waals surface area contributed by atoms with Gasteiger partial charge in [0.05, 0.1) is 16.3 Å². The summed E-state index contributed by atoms with van der Waals surface area (Å²) in [7, 11) is -9.60. The lowest BCUT2D eigenvalue weighted by molar-refractivity contribution is 0.482. The average molecular weight is 422 g/mol. The molecule has 6 N–H and O–H groups in total. The van der Waals surface area contributed by atoms with Crippen molar-refractivity contribution in [3.05, 3.63) is 48.5 Å². The molecule has 0 saturated heterocycles. The van der Waals surface area contributed by atoms with E-state index in [9.17, 15) is 25.9 Å². The molecule has 0 atom stereocenters. The lowest BCUT2D eigenvalue weighted by Gasteiger charge is -2.10. The zero-order valence-electron chi connectivity index (χ0n) is 14.0. The van der Waals surface area contributed by atoms with Gasteiger partial charge >= 0.3 is 0 Å². The van der Waals surface area contributed by atoms with E-state index in [1.54, 1.807) is 24.3 Å². The van der Waals surface area contributed by atoms with Gasteiger partial charge in [-0.05, 0) is 42.5 Å². The first-order valence-electron chi connectivity index (χ1n) is 7.55. The second-order valence-corrected chi connectivity index (χ2v) is 8.57. The highest BCUT2D eigenvalue weighted by molar-refractivity contribution is 7.86. The van der Waals surface area contributed by atoms with Crippen LogP contribution in [0.3, 0.4) is 0 Å². The molecule has 146 valence electrons. The predicted octanol–water partition coefficient (Wildman–Crippen LogP) is 2.91. The second kappa shape index (κ2) is 6.83. The zero-order chi connectivity index (χ0) is 20.7. The number of azo groups is 1. The number of benzene rings is 3. The Labute approximate surface area is 160 Å². The Morgan fingerprint density at radius 3 is 1.96 bits per heavy atom. The van der Waals surface area contributed by atoms with Crippen LogP contribution in [0.25, 0.3) is 10.8 Å². The smallest absolute Gasteiger partial charge is 0.295 e. The van der Waals surface area contributed by atoms with Crippen LogP contribution in [-0.2, 0) is 20.2 Å². The van der Waals surface area contributed by atoms with Crippen LogP contribution >= 0.6 is 0 Å². The predicted molar refractivity (Wildman–Crippen MR) is 103 cm³/mol. The molecule has 0 fully saturated rings. The van der Waals surface area contributed by atoms with E-state index in [0.717, 1.165) is 6.07 Å². The lowest BCUT2D eigenvalue weighted by atomic mass is 10.1. The minimum absolute atomic E-state index is 0.0373. The number of nitrogens with zero attached hydrogens (tertiary/aromatic N) is 2. The molecule has 10 nitrogen and oxygen atoms in total. The van der Waals surface area contributed by atoms with Gasteiger partial charge in [0.2, 0.25) is 0 Å². The van der Waals surface area contributed by atoms with Gasteiger partial charge in [0.1, 0.15) is 10.6 Å². The second-order valence-electron chi connectivity index (χ2n) is 5.76. The van der Waals surface area contributed by atoms with Crippen molar-refractivity contribution in [3.63, 3.8) is 0 Å². The monoisotopic (exact) mass is 422 g/mol. The maximum Gasteiger partial charge on any atom is 0.295 e. The molecular formula is C16H14N4O6S2. The van der Waals surface area contributed by atoms with E-state index in [2.05, 4.69) is 10.2 Å². The van der Waals surface area contributed by atoms with Crippen LogP contribution in [0.1, 0.15) is 0 Å². The molecule has 0 aliphatic rings. The summed E-state index contributed by atoms with van der Waals surface area (Å²) in [6, 6.07) is 10.6. The summed E-state index contributed by atoms with van der Waals surface area (Å²) in [6.07, 6.45) is 0. The standard InChI is InChI=1S/C16H14N4O6S2/c17-9-1-3-10(4-2-9)19-20-16-13-7-11(27(21,22)23)8-15(28(24,25)26)12(13)5-6-14(16)18/h1-8H,17-18H2,(H,21,22,23)(H,24,25,26). The highest BCUT2D eigenvalue weighted by atomic mass is 32.2. The van der Waals surface area contributed by atoms with Crippen LogP contribution in [0.15, 0.2) is 68.6 Å². The van der Waals surface area contributed by atoms with Crippen molar-refractivity contribution >= 4 is 53.8 Å². The Hall–Kier alpha value is -3.06. The first kappa shape index (κ1) is 19.7. The summed E-state index contributed by atoms with van der Waals surface area (Å²) < 4.78 is 65.3. The fourth-order valence-corrected chi connectivity index (χ4v) is 3.84. The largest absolute Gasteiger partial charge is 0.399 e. The molecule has 0 radical (unpaired) electrons. The number of hydrogen-bond donors (Lipinski definition) is 4. The van der Waals surface area contributed by atoms with Crippen molar-refractivity contribution in [3.8, 4) is 0 Å². The van der Waals surface area contributed by atoms with Gasteiger partial charge in [-0.15, -0.1) is 5.11 Å². The first-order chi connectivity index (χ1) is 13.0. The number of nitrogens with two attached hydrogens (primary N) is 2. The summed E-state index contributed by atoms with van der Waals surface area (Å²) in [5.41, 5.74) is 12.4. The van der Waals surface area contributed by atoms with E-state index in [1.165, 1.54) is 12.1 Å². The van der Waals surface area contributed by atoms with E-state index in [4.69, 9.17) is 11.5 Å². The molecule has 0 heterocycles. The van der Waals surface area contributed by atoms with Crippen molar-refractivity contribution in [2.45, 2.75) is 9.79 Å². The SMILES string of the molecule is Nc1ccc(N=Nc2c(N)ccc3c(S(=O)(=O)O)cc(S(=O)(=O)O)cc23)cc1. The number of rotatable bonds is 4. The highest BCUT2D eigenvalue weighted by Gasteiger charge is 2.22. The van der Waals surface area contributed by atoms with Gasteiger partial charge in [0, 0.05) is 16.5 Å². The molecule has 0 aromatic heterocycles. The van der Waals surface area contributed by atoms with E-state index < -0.39 is 30.0 Å². The zero-order valence-corrected chi connectivity index (χ0v) is 15.6. The Morgan fingerprint density at radius 2 is 1.39 bits per heavy atom. The number of nitrogen functional groups attached to an aromatic ring is 2. The molecule has 3 aromatic carbocycles. The van der Waals surface area contributed by atoms with Crippen molar-refractivity contribution in [1.82, 2.24) is 0 Å². The van der Waals surface area contributed by atoms with Crippen molar-refractivity contribution in [2.24, 2.45) is 10.2 Å². The topological polar surface area (TPSA) is 185 Å². The molecule has 3 aromatic rings. The van der Waals surface area contributed by atoms with Gasteiger partial charge in [-0.25, -0.2) is 0 Å². The molecule has 0 saturated carbocycles. The Balaban J connectivity index is 2.33. The maximum absolute atomic E-state index is 11.7. The Bertz CT molecular complexity index is 1320. The summed E-state index contributed by atoms with van der Waals surface area (Å²) >= 11 is 0. The number of hydrogen-bond acceptors (Lipinski definition) is 8. The molecule has 28 heavy (non-hydrogen) atoms. The molecule has 0 unspecified atom stereocenters. The molecule has 3 rings (SSSR count). The van der Waals surface area contributed by atoms with E-state index >= 15 is 0 Å². The minimum atomic E-state index is -4.82. The van der Waals surface area contributed by atoms with Gasteiger partial charge in [-0.3, -0.25) is 9.11 Å². The normalized spacial score (nSPS) is 12.6. The molecular weight excluding hydrogens is 408 g/mol. The van der Waals surface area contributed by atoms with Gasteiger partial charge in [-0.1, -0.05) is 6.07 Å². The lowest BCUT2D eigenvalue weighted by Crippen LogP contribution is -2.04. The van der Waals surface area contributed by atoms with Crippen LogP contribution in [0.5, 0.6) is 0 Å². The third-order valence-corrected chi connectivity index (χ3v) is 5.53. The number of anilines is 2. The van der Waals surface area contributed by atoms with Crippen molar-refractivity contribution in [2.75, 3.05) is 11.5 Å². The van der Waals surface area contributed by atoms with Gasteiger partial charge in [0.15, 0.2) is 0 Å². The van der Waals surface area contributed by atoms with Crippen LogP contribution in [-0.4, -0.2) is 25.9 Å². The third-order valence-electron chi connectivity index (χ3n) is 3.81. The van der Waals surface area contributed by atoms with Gasteiger partial charge in [-0.2, -0.15) is 21.9 Å². The number of fused-ring (bicyclic) bond motifs is 1. The first-order valence-corrected chi connectivity index (χ1v) is 10.4. The van der Waals surface area contributed by atoms with Crippen molar-refractivity contribution in [1.29, 1.82) is 0 Å². The van der Waals surface area contributed by atoms with Crippen LogP contribution in [0.4, 0.5) is 22.7 Å². The van der Waals surface area contributed by atoms with Crippen LogP contribution < -0.4 is 11.5 Å². The van der Waals surface area contributed by atoms with Crippen LogP contribution in [0, 0.1) is 0 Å². The molecule has 0 bridgehead atoms. The average Bonchev–Trinajstić information content (AvgIpc) is 2.59. The quantitative estimate of drug-likeness (QED) is 0.281. The van der Waals surface area contributed by atoms with Crippen LogP contribution in [0.2, 0.25) is 0 Å². The van der Waals surface area contributed by atoms with E-state index in [1.807, 2.05) is 0 Å². The molecule has 0 amide bonds. The van der Waals surface area contributed by atoms with E-state index in [-0.39, 0.29) is 22.1 Å². The third kappa shape index (κ3) is 3.94. The van der Waals surface area contributed by atoms with E-state index in [0.29, 0.717) is 17.4 Å². The summed E-state index contributed by atoms with van der Waals surface area (Å²) in [5.74, 6) is 0. The van der Waals surface area contributed by atoms with Gasteiger partial charge < -0.3 is 11.5 Å². The molecule has 0 aliphatic carbocycles. The molecule has 0 aliphatic heterocycles. The minimum Gasteiger partial charge on any atom is -0.399 e. The summed E-state index contributed by atoms with van der Waals surface area (Å²) in [4.78, 5) is -1.47. The highest BCUT2D eigenvalue weighted by Crippen LogP contribution is 2.38. The van der Waals surface area contributed by atoms with Gasteiger partial charge in [0.25, 0.3) is 20.2 Å². The fraction of sp³-hybridized carbons (Fsp3) is 0. The maximum atomic E-state index is 11.7. The Kier molecular flexibility index (Phi) is 4.81. The molecule has 12 heteroatoms. The molecule has 0 spiro atoms. The Morgan fingerprint density at radius 1 is 0.750 bits per heavy atom.